The van der Waals surface area contributed by atoms with Crippen molar-refractivity contribution in [2.24, 2.45) is 5.41 Å². The number of unbranched alkanes of at least 4 members (excludes halogenated alkanes) is 1. The Kier molecular flexibility index (Phi) is 3.92. The molecule has 1 amide bonds. The minimum Gasteiger partial charge on any atom is -0.465 e. The average molecular weight is 240 g/mol. The number of rotatable bonds is 3. The van der Waals surface area contributed by atoms with Gasteiger partial charge in [0.05, 0.1) is 0 Å². The highest BCUT2D eigenvalue weighted by Gasteiger charge is 2.44. The fourth-order valence-electron chi connectivity index (χ4n) is 3.44. The number of nitrogens with zero attached hydrogens (tertiary/aromatic N) is 1. The molecular weight excluding hydrogens is 216 g/mol. The van der Waals surface area contributed by atoms with Gasteiger partial charge in [0.2, 0.25) is 0 Å². The number of hydrogen-bond donors (Lipinski definition) is 2. The van der Waals surface area contributed by atoms with Gasteiger partial charge in [-0.3, -0.25) is 0 Å². The van der Waals surface area contributed by atoms with E-state index in [9.17, 15) is 4.79 Å². The van der Waals surface area contributed by atoms with Crippen LogP contribution in [0.25, 0.3) is 0 Å². The summed E-state index contributed by atoms with van der Waals surface area (Å²) >= 11 is 0. The normalized spacial score (nSPS) is 27.6. The first-order chi connectivity index (χ1) is 8.18. The number of carbonyl (C=O) groups is 1. The highest BCUT2D eigenvalue weighted by Crippen LogP contribution is 2.43. The zero-order valence-electron chi connectivity index (χ0n) is 10.7. The van der Waals surface area contributed by atoms with Crippen LogP contribution in [0.15, 0.2) is 0 Å². The fourth-order valence-corrected chi connectivity index (χ4v) is 3.44. The molecule has 2 rings (SSSR count). The highest BCUT2D eigenvalue weighted by molar-refractivity contribution is 5.65. The van der Waals surface area contributed by atoms with Crippen molar-refractivity contribution in [2.45, 2.75) is 51.5 Å². The molecule has 2 N–H and O–H groups in total. The van der Waals surface area contributed by atoms with Crippen LogP contribution in [0.4, 0.5) is 4.79 Å². The highest BCUT2D eigenvalue weighted by atomic mass is 16.4. The van der Waals surface area contributed by atoms with Crippen LogP contribution in [0, 0.1) is 5.41 Å². The topological polar surface area (TPSA) is 52.6 Å². The smallest absolute Gasteiger partial charge is 0.407 e. The number of piperidine rings is 1. The molecule has 4 heteroatoms. The first kappa shape index (κ1) is 12.7. The Balaban J connectivity index is 1.93. The van der Waals surface area contributed by atoms with Crippen LogP contribution < -0.4 is 5.32 Å². The monoisotopic (exact) mass is 240 g/mol. The van der Waals surface area contributed by atoms with Crippen molar-refractivity contribution in [1.29, 1.82) is 0 Å². The second-order valence-electron chi connectivity index (χ2n) is 5.53. The second-order valence-corrected chi connectivity index (χ2v) is 5.53. The van der Waals surface area contributed by atoms with Gasteiger partial charge in [-0.05, 0) is 37.6 Å². The minimum atomic E-state index is -0.754. The summed E-state index contributed by atoms with van der Waals surface area (Å²) in [6, 6.07) is 0.624. The Labute approximate surface area is 103 Å². The molecule has 0 aromatic heterocycles. The molecular formula is C13H24N2O2. The van der Waals surface area contributed by atoms with Crippen LogP contribution in [-0.4, -0.2) is 41.8 Å². The van der Waals surface area contributed by atoms with Crippen LogP contribution in [0.3, 0.4) is 0 Å². The van der Waals surface area contributed by atoms with Crippen molar-refractivity contribution in [3.8, 4) is 0 Å². The van der Waals surface area contributed by atoms with Gasteiger partial charge in [0.1, 0.15) is 0 Å². The van der Waals surface area contributed by atoms with Gasteiger partial charge < -0.3 is 15.3 Å². The zero-order chi connectivity index (χ0) is 12.3. The van der Waals surface area contributed by atoms with E-state index >= 15 is 0 Å². The second kappa shape index (κ2) is 5.25. The van der Waals surface area contributed by atoms with Gasteiger partial charge in [-0.1, -0.05) is 19.8 Å². The maximum absolute atomic E-state index is 10.9. The summed E-state index contributed by atoms with van der Waals surface area (Å²) in [5.74, 6) is 0. The summed E-state index contributed by atoms with van der Waals surface area (Å²) in [4.78, 5) is 12.5. The molecule has 98 valence electrons. The van der Waals surface area contributed by atoms with E-state index in [2.05, 4.69) is 12.2 Å². The predicted molar refractivity (Wildman–Crippen MR) is 67.2 cm³/mol. The van der Waals surface area contributed by atoms with Crippen molar-refractivity contribution in [3.63, 3.8) is 0 Å². The molecule has 4 nitrogen and oxygen atoms in total. The molecule has 0 aromatic rings. The Morgan fingerprint density at radius 2 is 2.12 bits per heavy atom. The van der Waals surface area contributed by atoms with Gasteiger partial charge in [0, 0.05) is 19.1 Å². The molecule has 0 aliphatic carbocycles. The van der Waals surface area contributed by atoms with Crippen molar-refractivity contribution >= 4 is 6.09 Å². The summed E-state index contributed by atoms with van der Waals surface area (Å²) in [6.07, 6.45) is 6.34. The van der Waals surface area contributed by atoms with E-state index in [1.807, 2.05) is 0 Å². The van der Waals surface area contributed by atoms with E-state index in [0.29, 0.717) is 11.5 Å². The summed E-state index contributed by atoms with van der Waals surface area (Å²) in [5.41, 5.74) is 0.390. The van der Waals surface area contributed by atoms with E-state index in [-0.39, 0.29) is 0 Å². The molecule has 2 aliphatic rings. The maximum Gasteiger partial charge on any atom is 0.407 e. The third-order valence-electron chi connectivity index (χ3n) is 4.63. The predicted octanol–water partition coefficient (Wildman–Crippen LogP) is 2.30. The molecule has 2 aliphatic heterocycles. The third kappa shape index (κ3) is 2.57. The molecule has 17 heavy (non-hydrogen) atoms. The standard InChI is InChI=1S/C13H24N2O2/c1-2-3-4-11-13(5-8-14-11)6-9-15(10-7-13)12(16)17/h11,14H,2-10H2,1H3,(H,16,17). The number of hydrogen-bond acceptors (Lipinski definition) is 2. The minimum absolute atomic E-state index is 0.390. The van der Waals surface area contributed by atoms with Gasteiger partial charge in [-0.25, -0.2) is 4.79 Å². The van der Waals surface area contributed by atoms with Gasteiger partial charge in [0.25, 0.3) is 0 Å². The Morgan fingerprint density at radius 3 is 2.71 bits per heavy atom. The van der Waals surface area contributed by atoms with Crippen LogP contribution in [-0.2, 0) is 0 Å². The maximum atomic E-state index is 10.9. The molecule has 2 heterocycles. The first-order valence-electron chi connectivity index (χ1n) is 6.89. The van der Waals surface area contributed by atoms with Crippen molar-refractivity contribution in [1.82, 2.24) is 10.2 Å². The lowest BCUT2D eigenvalue weighted by molar-refractivity contribution is 0.0788. The van der Waals surface area contributed by atoms with Crippen LogP contribution in [0.2, 0.25) is 0 Å². The van der Waals surface area contributed by atoms with Gasteiger partial charge >= 0.3 is 6.09 Å². The lowest BCUT2D eigenvalue weighted by atomic mass is 9.71. The van der Waals surface area contributed by atoms with Crippen molar-refractivity contribution in [3.05, 3.63) is 0 Å². The largest absolute Gasteiger partial charge is 0.465 e. The SMILES string of the molecule is CCCCC1NCCC12CCN(C(=O)O)CC2. The average Bonchev–Trinajstić information content (AvgIpc) is 2.70. The lowest BCUT2D eigenvalue weighted by Crippen LogP contribution is -2.47. The number of nitrogens with one attached hydrogen (secondary N) is 1. The Morgan fingerprint density at radius 1 is 1.41 bits per heavy atom. The Hall–Kier alpha value is -0.770. The van der Waals surface area contributed by atoms with E-state index in [1.54, 1.807) is 4.90 Å². The quantitative estimate of drug-likeness (QED) is 0.796. The number of carboxylic acid groups (broad SMARTS) is 1. The molecule has 1 unspecified atom stereocenters. The molecule has 0 bridgehead atoms. The number of likely N-dealkylation sites (tertiary alicyclic amines) is 1. The molecule has 0 saturated carbocycles. The van der Waals surface area contributed by atoms with Gasteiger partial charge in [-0.2, -0.15) is 0 Å². The summed E-state index contributed by atoms with van der Waals surface area (Å²) in [5, 5.41) is 12.6. The van der Waals surface area contributed by atoms with E-state index < -0.39 is 6.09 Å². The van der Waals surface area contributed by atoms with Crippen LogP contribution >= 0.6 is 0 Å². The summed E-state index contributed by atoms with van der Waals surface area (Å²) in [6.45, 7) is 4.79. The molecule has 0 radical (unpaired) electrons. The molecule has 2 fully saturated rings. The van der Waals surface area contributed by atoms with Crippen molar-refractivity contribution < 1.29 is 9.90 Å². The van der Waals surface area contributed by atoms with Crippen LogP contribution in [0.5, 0.6) is 0 Å². The fraction of sp³-hybridized carbons (Fsp3) is 0.923. The molecule has 0 aromatic carbocycles. The van der Waals surface area contributed by atoms with Gasteiger partial charge in [0.15, 0.2) is 0 Å². The lowest BCUT2D eigenvalue weighted by Gasteiger charge is -2.42. The summed E-state index contributed by atoms with van der Waals surface area (Å²) < 4.78 is 0. The zero-order valence-corrected chi connectivity index (χ0v) is 10.7. The first-order valence-corrected chi connectivity index (χ1v) is 6.89. The molecule has 1 atom stereocenters. The van der Waals surface area contributed by atoms with E-state index in [1.165, 1.54) is 25.7 Å². The Bertz CT molecular complexity index is 273. The number of amides is 1. The molecule has 2 saturated heterocycles. The summed E-state index contributed by atoms with van der Waals surface area (Å²) in [7, 11) is 0. The molecule has 1 spiro atoms. The van der Waals surface area contributed by atoms with E-state index in [4.69, 9.17) is 5.11 Å². The third-order valence-corrected chi connectivity index (χ3v) is 4.63. The van der Waals surface area contributed by atoms with Gasteiger partial charge in [-0.15, -0.1) is 0 Å². The van der Waals surface area contributed by atoms with Crippen LogP contribution in [0.1, 0.15) is 45.4 Å². The van der Waals surface area contributed by atoms with Crippen molar-refractivity contribution in [2.75, 3.05) is 19.6 Å². The van der Waals surface area contributed by atoms with E-state index in [0.717, 1.165) is 32.5 Å².